The molecule has 0 spiro atoms. The summed E-state index contributed by atoms with van der Waals surface area (Å²) >= 11 is 3.44. The lowest BCUT2D eigenvalue weighted by Gasteiger charge is -2.19. The summed E-state index contributed by atoms with van der Waals surface area (Å²) in [6, 6.07) is 16.1. The average Bonchev–Trinajstić information content (AvgIpc) is 2.91. The molecule has 0 unspecified atom stereocenters. The Balaban J connectivity index is 1.57. The molecule has 1 aliphatic heterocycles. The van der Waals surface area contributed by atoms with E-state index in [1.54, 1.807) is 0 Å². The molecule has 1 amide bonds. The Hall–Kier alpha value is -1.81. The maximum atomic E-state index is 12.1. The lowest BCUT2D eigenvalue weighted by atomic mass is 10.2. The minimum Gasteiger partial charge on any atom is -0.370 e. The lowest BCUT2D eigenvalue weighted by molar-refractivity contribution is -0.116. The highest BCUT2D eigenvalue weighted by molar-refractivity contribution is 9.10. The first-order chi connectivity index (χ1) is 10.2. The quantitative estimate of drug-likeness (QED) is 0.913. The summed E-state index contributed by atoms with van der Waals surface area (Å²) in [5, 5.41) is 2.95. The van der Waals surface area contributed by atoms with Crippen LogP contribution >= 0.6 is 15.9 Å². The fourth-order valence-corrected chi connectivity index (χ4v) is 3.03. The number of hydrogen-bond acceptors (Lipinski definition) is 2. The topological polar surface area (TPSA) is 32.3 Å². The lowest BCUT2D eigenvalue weighted by Crippen LogP contribution is -2.26. The van der Waals surface area contributed by atoms with E-state index in [-0.39, 0.29) is 5.91 Å². The van der Waals surface area contributed by atoms with Gasteiger partial charge >= 0.3 is 0 Å². The van der Waals surface area contributed by atoms with Crippen LogP contribution in [0.1, 0.15) is 12.0 Å². The van der Waals surface area contributed by atoms with Crippen molar-refractivity contribution in [3.8, 4) is 0 Å². The van der Waals surface area contributed by atoms with E-state index in [2.05, 4.69) is 50.4 Å². The average molecular weight is 345 g/mol. The van der Waals surface area contributed by atoms with Crippen LogP contribution in [-0.4, -0.2) is 19.0 Å². The van der Waals surface area contributed by atoms with Gasteiger partial charge in [0.15, 0.2) is 0 Å². The van der Waals surface area contributed by atoms with E-state index in [0.717, 1.165) is 29.7 Å². The number of amides is 1. The Morgan fingerprint density at radius 2 is 1.90 bits per heavy atom. The summed E-state index contributed by atoms with van der Waals surface area (Å²) in [7, 11) is 0. The smallest absolute Gasteiger partial charge is 0.226 e. The van der Waals surface area contributed by atoms with Crippen molar-refractivity contribution in [2.75, 3.05) is 23.3 Å². The molecule has 21 heavy (non-hydrogen) atoms. The molecule has 0 saturated heterocycles. The van der Waals surface area contributed by atoms with Crippen LogP contribution in [-0.2, 0) is 11.2 Å². The number of hydrogen-bond donors (Lipinski definition) is 1. The number of nitrogens with one attached hydrogen (secondary N) is 1. The van der Waals surface area contributed by atoms with Crippen LogP contribution in [0.4, 0.5) is 11.4 Å². The first kappa shape index (κ1) is 14.1. The second-order valence-corrected chi connectivity index (χ2v) is 6.00. The van der Waals surface area contributed by atoms with E-state index in [9.17, 15) is 4.79 Å². The largest absolute Gasteiger partial charge is 0.370 e. The molecule has 108 valence electrons. The van der Waals surface area contributed by atoms with Crippen molar-refractivity contribution < 1.29 is 4.79 Å². The fraction of sp³-hybridized carbons (Fsp3) is 0.235. The highest BCUT2D eigenvalue weighted by Crippen LogP contribution is 2.27. The Morgan fingerprint density at radius 1 is 1.14 bits per heavy atom. The SMILES string of the molecule is O=C(CCN1CCc2ccccc21)Nc1ccccc1Br. The summed E-state index contributed by atoms with van der Waals surface area (Å²) in [4.78, 5) is 14.4. The van der Waals surface area contributed by atoms with Crippen molar-refractivity contribution in [2.45, 2.75) is 12.8 Å². The van der Waals surface area contributed by atoms with Crippen molar-refractivity contribution in [1.29, 1.82) is 0 Å². The van der Waals surface area contributed by atoms with E-state index in [0.29, 0.717) is 6.42 Å². The van der Waals surface area contributed by atoms with Gasteiger partial charge in [0.1, 0.15) is 0 Å². The van der Waals surface area contributed by atoms with Crippen LogP contribution in [0.2, 0.25) is 0 Å². The van der Waals surface area contributed by atoms with Gasteiger partial charge in [0.2, 0.25) is 5.91 Å². The molecule has 3 nitrogen and oxygen atoms in total. The van der Waals surface area contributed by atoms with Gasteiger partial charge < -0.3 is 10.2 Å². The molecular formula is C17H17BrN2O. The highest BCUT2D eigenvalue weighted by Gasteiger charge is 2.18. The number of halogens is 1. The van der Waals surface area contributed by atoms with E-state index in [1.807, 2.05) is 24.3 Å². The number of benzene rings is 2. The van der Waals surface area contributed by atoms with E-state index in [4.69, 9.17) is 0 Å². The molecule has 0 fully saturated rings. The predicted octanol–water partition coefficient (Wildman–Crippen LogP) is 3.84. The third kappa shape index (κ3) is 3.27. The molecule has 0 aromatic heterocycles. The highest BCUT2D eigenvalue weighted by atomic mass is 79.9. The molecule has 2 aromatic rings. The molecule has 1 aliphatic rings. The monoisotopic (exact) mass is 344 g/mol. The number of fused-ring (bicyclic) bond motifs is 1. The minimum atomic E-state index is 0.0475. The van der Waals surface area contributed by atoms with E-state index < -0.39 is 0 Å². The van der Waals surface area contributed by atoms with Crippen molar-refractivity contribution in [3.63, 3.8) is 0 Å². The molecule has 0 radical (unpaired) electrons. The van der Waals surface area contributed by atoms with E-state index in [1.165, 1.54) is 11.3 Å². The third-order valence-corrected chi connectivity index (χ3v) is 4.43. The van der Waals surface area contributed by atoms with Gasteiger partial charge in [0, 0.05) is 29.7 Å². The van der Waals surface area contributed by atoms with Crippen molar-refractivity contribution in [1.82, 2.24) is 0 Å². The molecule has 1 N–H and O–H groups in total. The number of rotatable bonds is 4. The molecule has 0 saturated carbocycles. The maximum Gasteiger partial charge on any atom is 0.226 e. The van der Waals surface area contributed by atoms with Crippen LogP contribution in [0.3, 0.4) is 0 Å². The molecule has 2 aromatic carbocycles. The summed E-state index contributed by atoms with van der Waals surface area (Å²) in [6.07, 6.45) is 1.57. The normalized spacial score (nSPS) is 13.1. The number of carbonyl (C=O) groups excluding carboxylic acids is 1. The second kappa shape index (κ2) is 6.31. The molecule has 3 rings (SSSR count). The summed E-state index contributed by atoms with van der Waals surface area (Å²) in [6.45, 7) is 1.76. The number of para-hydroxylation sites is 2. The number of carbonyl (C=O) groups is 1. The molecule has 0 atom stereocenters. The van der Waals surface area contributed by atoms with Crippen LogP contribution in [0.15, 0.2) is 53.0 Å². The van der Waals surface area contributed by atoms with Crippen molar-refractivity contribution in [2.24, 2.45) is 0 Å². The van der Waals surface area contributed by atoms with Gasteiger partial charge in [-0.25, -0.2) is 0 Å². The maximum absolute atomic E-state index is 12.1. The Bertz CT molecular complexity index is 657. The predicted molar refractivity (Wildman–Crippen MR) is 89.7 cm³/mol. The Morgan fingerprint density at radius 3 is 2.76 bits per heavy atom. The fourth-order valence-electron chi connectivity index (χ4n) is 2.65. The van der Waals surface area contributed by atoms with E-state index >= 15 is 0 Å². The van der Waals surface area contributed by atoms with Gasteiger partial charge in [-0.2, -0.15) is 0 Å². The zero-order chi connectivity index (χ0) is 14.7. The first-order valence-electron chi connectivity index (χ1n) is 7.11. The zero-order valence-electron chi connectivity index (χ0n) is 11.7. The first-order valence-corrected chi connectivity index (χ1v) is 7.90. The van der Waals surface area contributed by atoms with Gasteiger partial charge in [-0.1, -0.05) is 30.3 Å². The molecular weight excluding hydrogens is 328 g/mol. The number of anilines is 2. The van der Waals surface area contributed by atoms with Gasteiger partial charge in [0.05, 0.1) is 5.69 Å². The summed E-state index contributed by atoms with van der Waals surface area (Å²) < 4.78 is 0.907. The third-order valence-electron chi connectivity index (χ3n) is 3.74. The van der Waals surface area contributed by atoms with Crippen LogP contribution in [0, 0.1) is 0 Å². The molecule has 0 bridgehead atoms. The molecule has 4 heteroatoms. The van der Waals surface area contributed by atoms with Gasteiger partial charge in [0.25, 0.3) is 0 Å². The number of nitrogens with zero attached hydrogens (tertiary/aromatic N) is 1. The second-order valence-electron chi connectivity index (χ2n) is 5.14. The van der Waals surface area contributed by atoms with Crippen molar-refractivity contribution in [3.05, 3.63) is 58.6 Å². The van der Waals surface area contributed by atoms with Crippen molar-refractivity contribution >= 4 is 33.2 Å². The summed E-state index contributed by atoms with van der Waals surface area (Å²) in [5.41, 5.74) is 3.47. The van der Waals surface area contributed by atoms with Gasteiger partial charge in [-0.15, -0.1) is 0 Å². The van der Waals surface area contributed by atoms with Crippen LogP contribution in [0.25, 0.3) is 0 Å². The standard InChI is InChI=1S/C17H17BrN2O/c18-14-6-2-3-7-15(14)19-17(21)10-12-20-11-9-13-5-1-4-8-16(13)20/h1-8H,9-12H2,(H,19,21). The Kier molecular flexibility index (Phi) is 4.25. The Labute approximate surface area is 133 Å². The van der Waals surface area contributed by atoms with Crippen LogP contribution < -0.4 is 10.2 Å². The zero-order valence-corrected chi connectivity index (χ0v) is 13.3. The van der Waals surface area contributed by atoms with Gasteiger partial charge in [-0.05, 0) is 46.1 Å². The minimum absolute atomic E-state index is 0.0475. The molecule has 0 aliphatic carbocycles. The molecule has 1 heterocycles. The summed E-state index contributed by atoms with van der Waals surface area (Å²) in [5.74, 6) is 0.0475. The van der Waals surface area contributed by atoms with Gasteiger partial charge in [-0.3, -0.25) is 4.79 Å². The van der Waals surface area contributed by atoms with Crippen LogP contribution in [0.5, 0.6) is 0 Å².